The van der Waals surface area contributed by atoms with Crippen molar-refractivity contribution in [2.75, 3.05) is 6.61 Å². The number of fused-ring (bicyclic) bond motifs is 1. The number of alkyl halides is 1. The number of nitrogens with zero attached hydrogens (tertiary/aromatic N) is 1. The molecule has 20 heavy (non-hydrogen) atoms. The molecule has 3 heterocycles. The van der Waals surface area contributed by atoms with E-state index < -0.39 is 48.3 Å². The van der Waals surface area contributed by atoms with Crippen molar-refractivity contribution in [3.63, 3.8) is 0 Å². The first kappa shape index (κ1) is 12.8. The van der Waals surface area contributed by atoms with Crippen molar-refractivity contribution in [2.24, 2.45) is 0 Å². The number of aromatic amines is 1. The molecule has 10 heteroatoms. The summed E-state index contributed by atoms with van der Waals surface area (Å²) in [6.45, 7) is -1.08. The van der Waals surface area contributed by atoms with Gasteiger partial charge in [-0.25, -0.2) is 14.0 Å². The van der Waals surface area contributed by atoms with E-state index in [1.54, 1.807) is 0 Å². The van der Waals surface area contributed by atoms with Crippen LogP contribution in [0.25, 0.3) is 0 Å². The van der Waals surface area contributed by atoms with Crippen LogP contribution in [0.4, 0.5) is 9.18 Å². The molecule has 2 aliphatic rings. The Labute approximate surface area is 109 Å². The Bertz CT molecular complexity index is 670. The van der Waals surface area contributed by atoms with E-state index >= 15 is 0 Å². The largest absolute Gasteiger partial charge is 0.509 e. The van der Waals surface area contributed by atoms with Gasteiger partial charge in [0.25, 0.3) is 11.4 Å². The van der Waals surface area contributed by atoms with Crippen molar-refractivity contribution in [3.8, 4) is 0 Å². The highest BCUT2D eigenvalue weighted by Gasteiger charge is 2.64. The molecular weight excluding hydrogens is 279 g/mol. The lowest BCUT2D eigenvalue weighted by Crippen LogP contribution is -2.41. The molecule has 9 nitrogen and oxygen atoms in total. The molecule has 0 amide bonds. The summed E-state index contributed by atoms with van der Waals surface area (Å²) in [4.78, 5) is 35.7. The van der Waals surface area contributed by atoms with Gasteiger partial charge in [0.2, 0.25) is 6.10 Å². The lowest BCUT2D eigenvalue weighted by Gasteiger charge is -2.21. The summed E-state index contributed by atoms with van der Waals surface area (Å²) in [7, 11) is 0. The Morgan fingerprint density at radius 1 is 1.40 bits per heavy atom. The van der Waals surface area contributed by atoms with E-state index in [1.165, 1.54) is 0 Å². The van der Waals surface area contributed by atoms with Crippen molar-refractivity contribution >= 4 is 6.16 Å². The Kier molecular flexibility index (Phi) is 2.66. The highest BCUT2D eigenvalue weighted by Crippen LogP contribution is 2.44. The average molecular weight is 288 g/mol. The van der Waals surface area contributed by atoms with Crippen LogP contribution in [-0.4, -0.2) is 45.5 Å². The van der Waals surface area contributed by atoms with Crippen molar-refractivity contribution in [3.05, 3.63) is 33.1 Å². The second kappa shape index (κ2) is 4.15. The molecule has 0 bridgehead atoms. The van der Waals surface area contributed by atoms with Gasteiger partial charge in [0.1, 0.15) is 6.61 Å². The van der Waals surface area contributed by atoms with E-state index in [0.717, 1.165) is 16.8 Å². The molecule has 3 rings (SSSR count). The fourth-order valence-corrected chi connectivity index (χ4v) is 2.22. The van der Waals surface area contributed by atoms with Crippen molar-refractivity contribution < 1.29 is 28.5 Å². The van der Waals surface area contributed by atoms with Crippen molar-refractivity contribution in [2.45, 2.75) is 24.3 Å². The molecule has 2 aliphatic heterocycles. The van der Waals surface area contributed by atoms with Crippen LogP contribution in [0, 0.1) is 0 Å². The van der Waals surface area contributed by atoms with Crippen LogP contribution in [0.2, 0.25) is 0 Å². The standard InChI is InChI=1S/C10H9FN2O7/c11-10(3-14)6-5(18-9(17)19-6)7(20-10)13-2-1-4(15)12-8(13)16/h1-2,5-7,14H,3H2,(H,12,15,16)/t5-,6+,7-,10-/m1/s1. The first-order valence-electron chi connectivity index (χ1n) is 5.61. The first-order chi connectivity index (χ1) is 9.44. The predicted molar refractivity (Wildman–Crippen MR) is 57.5 cm³/mol. The Morgan fingerprint density at radius 2 is 2.15 bits per heavy atom. The molecule has 1 aromatic rings. The number of hydrogen-bond donors (Lipinski definition) is 2. The van der Waals surface area contributed by atoms with Gasteiger partial charge in [0.15, 0.2) is 12.3 Å². The maximum atomic E-state index is 14.3. The van der Waals surface area contributed by atoms with E-state index in [4.69, 9.17) is 14.6 Å². The van der Waals surface area contributed by atoms with E-state index in [1.807, 2.05) is 4.98 Å². The van der Waals surface area contributed by atoms with Crippen LogP contribution >= 0.6 is 0 Å². The Balaban J connectivity index is 2.04. The number of carbonyl (C=O) groups excluding carboxylic acids is 1. The van der Waals surface area contributed by atoms with E-state index in [0.29, 0.717) is 0 Å². The minimum absolute atomic E-state index is 0.644. The van der Waals surface area contributed by atoms with Crippen molar-refractivity contribution in [1.29, 1.82) is 0 Å². The van der Waals surface area contributed by atoms with E-state index in [9.17, 15) is 18.8 Å². The van der Waals surface area contributed by atoms with Crippen molar-refractivity contribution in [1.82, 2.24) is 9.55 Å². The van der Waals surface area contributed by atoms with Gasteiger partial charge in [0, 0.05) is 12.3 Å². The van der Waals surface area contributed by atoms with Gasteiger partial charge < -0.3 is 19.3 Å². The number of aromatic nitrogens is 2. The van der Waals surface area contributed by atoms with Crippen LogP contribution in [0.3, 0.4) is 0 Å². The molecule has 4 atom stereocenters. The summed E-state index contributed by atoms with van der Waals surface area (Å²) in [6.07, 6.45) is -4.15. The maximum absolute atomic E-state index is 14.3. The third-order valence-electron chi connectivity index (χ3n) is 3.12. The monoisotopic (exact) mass is 288 g/mol. The quantitative estimate of drug-likeness (QED) is 0.644. The molecule has 108 valence electrons. The number of hydrogen-bond acceptors (Lipinski definition) is 7. The normalized spacial score (nSPS) is 35.5. The number of ether oxygens (including phenoxy) is 3. The zero-order chi connectivity index (χ0) is 14.5. The second-order valence-electron chi connectivity index (χ2n) is 4.34. The minimum Gasteiger partial charge on any atom is -0.422 e. The SMILES string of the molecule is O=C1O[C@H]2[C@H](n3ccc(=O)[nH]c3=O)O[C@](F)(CO)[C@H]2O1. The number of rotatable bonds is 2. The molecule has 2 N–H and O–H groups in total. The van der Waals surface area contributed by atoms with Crippen LogP contribution in [0.5, 0.6) is 0 Å². The van der Waals surface area contributed by atoms with Gasteiger partial charge in [-0.05, 0) is 0 Å². The summed E-state index contributed by atoms with van der Waals surface area (Å²) < 4.78 is 29.4. The first-order valence-corrected chi connectivity index (χ1v) is 5.61. The van der Waals surface area contributed by atoms with Crippen LogP contribution in [0.1, 0.15) is 6.23 Å². The topological polar surface area (TPSA) is 120 Å². The van der Waals surface area contributed by atoms with Crippen LogP contribution in [0.15, 0.2) is 21.9 Å². The maximum Gasteiger partial charge on any atom is 0.509 e. The lowest BCUT2D eigenvalue weighted by molar-refractivity contribution is -0.210. The van der Waals surface area contributed by atoms with Gasteiger partial charge >= 0.3 is 11.8 Å². The summed E-state index contributed by atoms with van der Waals surface area (Å²) in [5.74, 6) is -2.68. The number of H-pyrrole nitrogens is 1. The fourth-order valence-electron chi connectivity index (χ4n) is 2.22. The number of aliphatic hydroxyl groups is 1. The lowest BCUT2D eigenvalue weighted by atomic mass is 10.1. The fraction of sp³-hybridized carbons (Fsp3) is 0.500. The molecule has 0 aromatic carbocycles. The van der Waals surface area contributed by atoms with Gasteiger partial charge in [-0.15, -0.1) is 0 Å². The molecule has 0 aliphatic carbocycles. The van der Waals surface area contributed by atoms with E-state index in [-0.39, 0.29) is 0 Å². The summed E-state index contributed by atoms with van der Waals surface area (Å²) in [5, 5.41) is 9.04. The smallest absolute Gasteiger partial charge is 0.422 e. The number of halogens is 1. The van der Waals surface area contributed by atoms with Crippen LogP contribution < -0.4 is 11.2 Å². The number of aliphatic hydroxyl groups excluding tert-OH is 1. The minimum atomic E-state index is -2.68. The molecular formula is C10H9FN2O7. The molecule has 0 saturated carbocycles. The molecule has 0 radical (unpaired) electrons. The Hall–Kier alpha value is -2.20. The van der Waals surface area contributed by atoms with E-state index in [2.05, 4.69) is 4.74 Å². The Morgan fingerprint density at radius 3 is 2.80 bits per heavy atom. The molecule has 0 spiro atoms. The number of carbonyl (C=O) groups is 1. The highest BCUT2D eigenvalue weighted by molar-refractivity contribution is 5.63. The number of nitrogens with one attached hydrogen (secondary N) is 1. The van der Waals surface area contributed by atoms with Gasteiger partial charge in [-0.3, -0.25) is 14.3 Å². The van der Waals surface area contributed by atoms with Gasteiger partial charge in [0.05, 0.1) is 0 Å². The molecule has 0 unspecified atom stereocenters. The van der Waals surface area contributed by atoms with Gasteiger partial charge in [-0.1, -0.05) is 0 Å². The summed E-state index contributed by atoms with van der Waals surface area (Å²) in [6, 6.07) is 1.02. The zero-order valence-corrected chi connectivity index (χ0v) is 9.82. The third-order valence-corrected chi connectivity index (χ3v) is 3.12. The van der Waals surface area contributed by atoms with Crippen LogP contribution in [-0.2, 0) is 14.2 Å². The predicted octanol–water partition coefficient (Wildman–Crippen LogP) is -1.37. The molecule has 2 fully saturated rings. The summed E-state index contributed by atoms with van der Waals surface area (Å²) >= 11 is 0. The average Bonchev–Trinajstić information content (AvgIpc) is 2.89. The van der Waals surface area contributed by atoms with Gasteiger partial charge in [-0.2, -0.15) is 0 Å². The molecule has 2 saturated heterocycles. The highest BCUT2D eigenvalue weighted by atomic mass is 19.2. The zero-order valence-electron chi connectivity index (χ0n) is 9.82. The summed E-state index contributed by atoms with van der Waals surface area (Å²) in [5.41, 5.74) is -1.51. The molecule has 1 aromatic heterocycles. The second-order valence-corrected chi connectivity index (χ2v) is 4.34. The third kappa shape index (κ3) is 1.72.